The van der Waals surface area contributed by atoms with E-state index in [1.165, 1.54) is 30.4 Å². The van der Waals surface area contributed by atoms with E-state index in [1.54, 1.807) is 0 Å². The van der Waals surface area contributed by atoms with Gasteiger partial charge in [-0.1, -0.05) is 43.6 Å². The Hall–Kier alpha value is -0.850. The summed E-state index contributed by atoms with van der Waals surface area (Å²) in [5.41, 5.74) is 2.96. The largest absolute Gasteiger partial charge is 0.317 e. The quantitative estimate of drug-likeness (QED) is 0.492. The standard InChI is InChI=1S/C11H20.CH3N/c1-5-8-11(7-3)9-10(4)6-2;1-2/h7,9H,5-6,8H2,1-4H3;2H,1H2/b10-9-,11-7-;. The zero-order chi connectivity index (χ0) is 10.7. The van der Waals surface area contributed by atoms with Crippen LogP contribution >= 0.6 is 0 Å². The summed E-state index contributed by atoms with van der Waals surface area (Å²) < 4.78 is 0. The van der Waals surface area contributed by atoms with E-state index in [0.29, 0.717) is 0 Å². The van der Waals surface area contributed by atoms with E-state index in [1.807, 2.05) is 0 Å². The van der Waals surface area contributed by atoms with Gasteiger partial charge in [-0.3, -0.25) is 0 Å². The third kappa shape index (κ3) is 9.06. The van der Waals surface area contributed by atoms with Crippen LogP contribution in [-0.2, 0) is 0 Å². The predicted octanol–water partition coefficient (Wildman–Crippen LogP) is 4.35. The molecule has 0 aromatic carbocycles. The highest BCUT2D eigenvalue weighted by Crippen LogP contribution is 2.10. The summed E-state index contributed by atoms with van der Waals surface area (Å²) in [6.07, 6.45) is 8.15. The van der Waals surface area contributed by atoms with Gasteiger partial charge in [-0.2, -0.15) is 0 Å². The smallest absolute Gasteiger partial charge is 0.0187 e. The molecular weight excluding hydrogens is 158 g/mol. The first-order valence-electron chi connectivity index (χ1n) is 4.92. The Bertz CT molecular complexity index is 166. The average Bonchev–Trinajstić information content (AvgIpc) is 2.20. The van der Waals surface area contributed by atoms with Gasteiger partial charge in [-0.25, -0.2) is 0 Å². The third-order valence-corrected chi connectivity index (χ3v) is 1.90. The van der Waals surface area contributed by atoms with Crippen LogP contribution in [0.25, 0.3) is 0 Å². The monoisotopic (exact) mass is 181 g/mol. The van der Waals surface area contributed by atoms with Crippen LogP contribution < -0.4 is 0 Å². The molecule has 0 aliphatic carbocycles. The Labute approximate surface area is 83.1 Å². The van der Waals surface area contributed by atoms with Crippen LogP contribution in [0, 0.1) is 5.41 Å². The van der Waals surface area contributed by atoms with Gasteiger partial charge in [0.2, 0.25) is 0 Å². The van der Waals surface area contributed by atoms with Crippen molar-refractivity contribution in [1.29, 1.82) is 5.41 Å². The van der Waals surface area contributed by atoms with E-state index >= 15 is 0 Å². The minimum Gasteiger partial charge on any atom is -0.317 e. The van der Waals surface area contributed by atoms with E-state index in [2.05, 4.69) is 46.6 Å². The summed E-state index contributed by atoms with van der Waals surface area (Å²) in [6.45, 7) is 11.2. The van der Waals surface area contributed by atoms with Crippen molar-refractivity contribution >= 4 is 6.72 Å². The molecule has 76 valence electrons. The van der Waals surface area contributed by atoms with Crippen molar-refractivity contribution in [2.45, 2.75) is 47.0 Å². The maximum absolute atomic E-state index is 5.50. The van der Waals surface area contributed by atoms with Gasteiger partial charge in [-0.15, -0.1) is 0 Å². The highest BCUT2D eigenvalue weighted by Gasteiger charge is 1.90. The number of nitrogens with one attached hydrogen (secondary N) is 1. The van der Waals surface area contributed by atoms with Crippen molar-refractivity contribution in [2.75, 3.05) is 0 Å². The molecule has 0 heterocycles. The Morgan fingerprint density at radius 2 is 1.85 bits per heavy atom. The molecule has 1 nitrogen and oxygen atoms in total. The molecule has 13 heavy (non-hydrogen) atoms. The molecule has 0 saturated heterocycles. The van der Waals surface area contributed by atoms with Crippen molar-refractivity contribution in [3.05, 3.63) is 23.3 Å². The van der Waals surface area contributed by atoms with Crippen molar-refractivity contribution in [2.24, 2.45) is 0 Å². The van der Waals surface area contributed by atoms with Gasteiger partial charge >= 0.3 is 0 Å². The van der Waals surface area contributed by atoms with Crippen molar-refractivity contribution < 1.29 is 0 Å². The summed E-state index contributed by atoms with van der Waals surface area (Å²) in [6, 6.07) is 0. The van der Waals surface area contributed by atoms with Gasteiger partial charge in [0.25, 0.3) is 0 Å². The number of rotatable bonds is 4. The van der Waals surface area contributed by atoms with Gasteiger partial charge in [-0.05, 0) is 33.4 Å². The molecule has 0 saturated carbocycles. The average molecular weight is 181 g/mol. The summed E-state index contributed by atoms with van der Waals surface area (Å²) in [4.78, 5) is 0. The highest BCUT2D eigenvalue weighted by atomic mass is 14.2. The van der Waals surface area contributed by atoms with Crippen LogP contribution in [0.15, 0.2) is 23.3 Å². The molecule has 0 unspecified atom stereocenters. The predicted molar refractivity (Wildman–Crippen MR) is 62.6 cm³/mol. The summed E-state index contributed by atoms with van der Waals surface area (Å²) in [5.74, 6) is 0. The Kier molecular flexibility index (Phi) is 12.6. The number of hydrogen-bond donors (Lipinski definition) is 1. The second-order valence-electron chi connectivity index (χ2n) is 2.96. The number of hydrogen-bond acceptors (Lipinski definition) is 1. The molecule has 0 radical (unpaired) electrons. The third-order valence-electron chi connectivity index (χ3n) is 1.90. The maximum Gasteiger partial charge on any atom is -0.0187 e. The van der Waals surface area contributed by atoms with Gasteiger partial charge < -0.3 is 5.41 Å². The van der Waals surface area contributed by atoms with E-state index < -0.39 is 0 Å². The molecule has 0 spiro atoms. The van der Waals surface area contributed by atoms with Crippen LogP contribution in [0.4, 0.5) is 0 Å². The van der Waals surface area contributed by atoms with Crippen molar-refractivity contribution in [1.82, 2.24) is 0 Å². The second kappa shape index (κ2) is 11.2. The first-order chi connectivity index (χ1) is 6.24. The van der Waals surface area contributed by atoms with Gasteiger partial charge in [0, 0.05) is 0 Å². The topological polar surface area (TPSA) is 23.9 Å². The molecule has 0 rings (SSSR count). The first kappa shape index (κ1) is 14.7. The molecule has 0 atom stereocenters. The van der Waals surface area contributed by atoms with Crippen LogP contribution in [-0.4, -0.2) is 6.72 Å². The molecule has 0 aliphatic rings. The summed E-state index contributed by atoms with van der Waals surface area (Å²) >= 11 is 0. The zero-order valence-corrected chi connectivity index (χ0v) is 9.48. The number of allylic oxidation sites excluding steroid dienone is 4. The zero-order valence-electron chi connectivity index (χ0n) is 9.48. The maximum atomic E-state index is 5.50. The van der Waals surface area contributed by atoms with Crippen molar-refractivity contribution in [3.8, 4) is 0 Å². The fourth-order valence-electron chi connectivity index (χ4n) is 1.01. The lowest BCUT2D eigenvalue weighted by molar-refractivity contribution is 0.918. The Morgan fingerprint density at radius 3 is 2.15 bits per heavy atom. The van der Waals surface area contributed by atoms with Gasteiger partial charge in [0.05, 0.1) is 0 Å². The van der Waals surface area contributed by atoms with Crippen molar-refractivity contribution in [3.63, 3.8) is 0 Å². The second-order valence-corrected chi connectivity index (χ2v) is 2.96. The minimum absolute atomic E-state index is 1.17. The molecule has 0 aliphatic heterocycles. The molecule has 0 aromatic heterocycles. The molecule has 0 amide bonds. The lowest BCUT2D eigenvalue weighted by atomic mass is 10.1. The van der Waals surface area contributed by atoms with Gasteiger partial charge in [0.15, 0.2) is 0 Å². The van der Waals surface area contributed by atoms with Gasteiger partial charge in [0.1, 0.15) is 0 Å². The Morgan fingerprint density at radius 1 is 1.31 bits per heavy atom. The van der Waals surface area contributed by atoms with Crippen LogP contribution in [0.3, 0.4) is 0 Å². The molecule has 0 fully saturated rings. The molecule has 1 heteroatoms. The normalized spacial score (nSPS) is 12.0. The van der Waals surface area contributed by atoms with E-state index in [4.69, 9.17) is 5.41 Å². The van der Waals surface area contributed by atoms with E-state index in [-0.39, 0.29) is 0 Å². The molecule has 0 aromatic rings. The molecule has 1 N–H and O–H groups in total. The first-order valence-corrected chi connectivity index (χ1v) is 4.92. The molecule has 0 bridgehead atoms. The van der Waals surface area contributed by atoms with Crippen LogP contribution in [0.5, 0.6) is 0 Å². The van der Waals surface area contributed by atoms with Crippen LogP contribution in [0.1, 0.15) is 47.0 Å². The van der Waals surface area contributed by atoms with Crippen LogP contribution in [0.2, 0.25) is 0 Å². The highest BCUT2D eigenvalue weighted by molar-refractivity contribution is 5.21. The fraction of sp³-hybridized carbons (Fsp3) is 0.583. The lowest BCUT2D eigenvalue weighted by Gasteiger charge is -2.00. The lowest BCUT2D eigenvalue weighted by Crippen LogP contribution is -1.79. The molecular formula is C12H23N. The minimum atomic E-state index is 1.17. The fourth-order valence-corrected chi connectivity index (χ4v) is 1.01. The summed E-state index contributed by atoms with van der Waals surface area (Å²) in [7, 11) is 0. The SMILES string of the molecule is C/C=C(\C=C(\C)CC)CCC.C=N. The summed E-state index contributed by atoms with van der Waals surface area (Å²) in [5, 5.41) is 5.50. The van der Waals surface area contributed by atoms with E-state index in [9.17, 15) is 0 Å². The van der Waals surface area contributed by atoms with E-state index in [0.717, 1.165) is 0 Å². The Balaban J connectivity index is 0.